The van der Waals surface area contributed by atoms with E-state index in [1.807, 2.05) is 55.4 Å². The number of carbonyl (C=O) groups excluding carboxylic acids is 2. The molecule has 1 fully saturated rings. The average molecular weight is 414 g/mol. The standard InChI is InChI=1S/C23H28ClN3O2/c1-16-13-21(16)22(28)25-20-6-4-5-18(14-20)23(29)27(12-11-26(2)3)15-17-7-9-19(24)10-8-17/h4-10,14,16,21H,11-13,15H2,1-3H3,(H,25,28). The Morgan fingerprint density at radius 3 is 2.41 bits per heavy atom. The van der Waals surface area contributed by atoms with E-state index in [4.69, 9.17) is 11.6 Å². The number of benzene rings is 2. The van der Waals surface area contributed by atoms with Crippen LogP contribution < -0.4 is 5.32 Å². The molecule has 0 spiro atoms. The van der Waals surface area contributed by atoms with Crippen molar-refractivity contribution in [2.75, 3.05) is 32.5 Å². The minimum atomic E-state index is -0.0577. The second kappa shape index (κ2) is 9.42. The van der Waals surface area contributed by atoms with Crippen LogP contribution in [0.25, 0.3) is 0 Å². The van der Waals surface area contributed by atoms with Gasteiger partial charge in [0.25, 0.3) is 5.91 Å². The van der Waals surface area contributed by atoms with E-state index >= 15 is 0 Å². The van der Waals surface area contributed by atoms with Crippen molar-refractivity contribution >= 4 is 29.1 Å². The number of anilines is 1. The maximum atomic E-state index is 13.2. The van der Waals surface area contributed by atoms with E-state index in [1.165, 1.54) is 0 Å². The first-order valence-electron chi connectivity index (χ1n) is 9.93. The van der Waals surface area contributed by atoms with Crippen LogP contribution in [-0.4, -0.2) is 48.8 Å². The molecule has 0 aromatic heterocycles. The van der Waals surface area contributed by atoms with Gasteiger partial charge in [0.15, 0.2) is 0 Å². The third-order valence-electron chi connectivity index (χ3n) is 5.21. The highest BCUT2D eigenvalue weighted by molar-refractivity contribution is 6.30. The highest BCUT2D eigenvalue weighted by Gasteiger charge is 2.39. The maximum absolute atomic E-state index is 13.2. The minimum absolute atomic E-state index is 0.0349. The second-order valence-corrected chi connectivity index (χ2v) is 8.48. The van der Waals surface area contributed by atoms with Gasteiger partial charge < -0.3 is 15.1 Å². The van der Waals surface area contributed by atoms with Crippen molar-refractivity contribution < 1.29 is 9.59 Å². The van der Waals surface area contributed by atoms with Gasteiger partial charge in [0, 0.05) is 41.8 Å². The van der Waals surface area contributed by atoms with Crippen molar-refractivity contribution in [3.8, 4) is 0 Å². The van der Waals surface area contributed by atoms with E-state index in [0.717, 1.165) is 18.5 Å². The first-order chi connectivity index (χ1) is 13.8. The monoisotopic (exact) mass is 413 g/mol. The van der Waals surface area contributed by atoms with Gasteiger partial charge in [0.1, 0.15) is 0 Å². The van der Waals surface area contributed by atoms with Gasteiger partial charge in [0.2, 0.25) is 5.91 Å². The minimum Gasteiger partial charge on any atom is -0.333 e. The molecule has 0 bridgehead atoms. The van der Waals surface area contributed by atoms with Crippen molar-refractivity contribution in [3.05, 3.63) is 64.7 Å². The number of amides is 2. The van der Waals surface area contributed by atoms with Gasteiger partial charge in [0.05, 0.1) is 0 Å². The fraction of sp³-hybridized carbons (Fsp3) is 0.391. The smallest absolute Gasteiger partial charge is 0.254 e. The Labute approximate surface area is 177 Å². The van der Waals surface area contributed by atoms with E-state index in [2.05, 4.69) is 17.1 Å². The largest absolute Gasteiger partial charge is 0.333 e. The van der Waals surface area contributed by atoms with Gasteiger partial charge in [-0.15, -0.1) is 0 Å². The molecule has 1 saturated carbocycles. The molecule has 2 unspecified atom stereocenters. The predicted octanol–water partition coefficient (Wildman–Crippen LogP) is 4.14. The first-order valence-corrected chi connectivity index (χ1v) is 10.3. The van der Waals surface area contributed by atoms with E-state index in [-0.39, 0.29) is 17.7 Å². The summed E-state index contributed by atoms with van der Waals surface area (Å²) in [5, 5.41) is 3.62. The van der Waals surface area contributed by atoms with Crippen molar-refractivity contribution in [2.24, 2.45) is 11.8 Å². The average Bonchev–Trinajstić information content (AvgIpc) is 3.43. The van der Waals surface area contributed by atoms with Crippen LogP contribution in [-0.2, 0) is 11.3 Å². The van der Waals surface area contributed by atoms with Crippen LogP contribution in [0.5, 0.6) is 0 Å². The summed E-state index contributed by atoms with van der Waals surface area (Å²) in [5.74, 6) is 0.516. The molecule has 2 atom stereocenters. The summed E-state index contributed by atoms with van der Waals surface area (Å²) >= 11 is 5.98. The normalized spacial score (nSPS) is 17.8. The summed E-state index contributed by atoms with van der Waals surface area (Å²) in [6.45, 7) is 3.93. The lowest BCUT2D eigenvalue weighted by Crippen LogP contribution is -2.36. The molecule has 0 saturated heterocycles. The van der Waals surface area contributed by atoms with E-state index < -0.39 is 0 Å². The van der Waals surface area contributed by atoms with Crippen molar-refractivity contribution in [1.29, 1.82) is 0 Å². The van der Waals surface area contributed by atoms with Crippen LogP contribution in [0.1, 0.15) is 29.3 Å². The highest BCUT2D eigenvalue weighted by atomic mass is 35.5. The van der Waals surface area contributed by atoms with Gasteiger partial charge in [-0.2, -0.15) is 0 Å². The predicted molar refractivity (Wildman–Crippen MR) is 117 cm³/mol. The van der Waals surface area contributed by atoms with Gasteiger partial charge in [-0.1, -0.05) is 36.7 Å². The quantitative estimate of drug-likeness (QED) is 0.707. The first kappa shape index (κ1) is 21.3. The van der Waals surface area contributed by atoms with Crippen LogP contribution in [0.15, 0.2) is 48.5 Å². The number of nitrogens with one attached hydrogen (secondary N) is 1. The van der Waals surface area contributed by atoms with Crippen LogP contribution in [0.3, 0.4) is 0 Å². The lowest BCUT2D eigenvalue weighted by Gasteiger charge is -2.25. The number of carbonyl (C=O) groups is 2. The van der Waals surface area contributed by atoms with Crippen LogP contribution in [0.4, 0.5) is 5.69 Å². The van der Waals surface area contributed by atoms with Crippen LogP contribution in [0, 0.1) is 11.8 Å². The fourth-order valence-electron chi connectivity index (χ4n) is 3.22. The van der Waals surface area contributed by atoms with Gasteiger partial charge in [-0.3, -0.25) is 9.59 Å². The molecule has 0 aliphatic heterocycles. The summed E-state index contributed by atoms with van der Waals surface area (Å²) in [6, 6.07) is 14.7. The Bertz CT molecular complexity index is 867. The molecule has 154 valence electrons. The van der Waals surface area contributed by atoms with E-state index in [9.17, 15) is 9.59 Å². The van der Waals surface area contributed by atoms with Crippen molar-refractivity contribution in [3.63, 3.8) is 0 Å². The number of hydrogen-bond acceptors (Lipinski definition) is 3. The maximum Gasteiger partial charge on any atom is 0.254 e. The molecule has 2 amide bonds. The molecular formula is C23H28ClN3O2. The summed E-state index contributed by atoms with van der Waals surface area (Å²) in [5.41, 5.74) is 2.26. The Balaban J connectivity index is 1.74. The highest BCUT2D eigenvalue weighted by Crippen LogP contribution is 2.38. The molecule has 2 aromatic rings. The van der Waals surface area contributed by atoms with Crippen molar-refractivity contribution in [1.82, 2.24) is 9.80 Å². The molecule has 5 nitrogen and oxygen atoms in total. The number of nitrogens with zero attached hydrogens (tertiary/aromatic N) is 2. The zero-order valence-corrected chi connectivity index (χ0v) is 17.9. The number of rotatable bonds is 8. The second-order valence-electron chi connectivity index (χ2n) is 8.05. The Morgan fingerprint density at radius 1 is 1.10 bits per heavy atom. The Hall–Kier alpha value is -2.37. The molecule has 29 heavy (non-hydrogen) atoms. The zero-order chi connectivity index (χ0) is 21.0. The molecule has 6 heteroatoms. The molecule has 0 heterocycles. The van der Waals surface area contributed by atoms with Gasteiger partial charge in [-0.25, -0.2) is 0 Å². The summed E-state index contributed by atoms with van der Waals surface area (Å²) in [4.78, 5) is 29.3. The lowest BCUT2D eigenvalue weighted by molar-refractivity contribution is -0.117. The molecule has 3 rings (SSSR count). The topological polar surface area (TPSA) is 52.7 Å². The molecule has 1 N–H and O–H groups in total. The van der Waals surface area contributed by atoms with E-state index in [1.54, 1.807) is 12.1 Å². The van der Waals surface area contributed by atoms with Gasteiger partial charge in [-0.05, 0) is 62.3 Å². The number of halogens is 1. The molecule has 1 aliphatic rings. The molecule has 2 aromatic carbocycles. The summed E-state index contributed by atoms with van der Waals surface area (Å²) < 4.78 is 0. The van der Waals surface area contributed by atoms with Crippen LogP contribution >= 0.6 is 11.6 Å². The molecular weight excluding hydrogens is 386 g/mol. The third kappa shape index (κ3) is 6.05. The fourth-order valence-corrected chi connectivity index (χ4v) is 3.34. The zero-order valence-electron chi connectivity index (χ0n) is 17.2. The summed E-state index contributed by atoms with van der Waals surface area (Å²) in [6.07, 6.45) is 0.934. The van der Waals surface area contributed by atoms with Crippen LogP contribution in [0.2, 0.25) is 5.02 Å². The Kier molecular flexibility index (Phi) is 6.93. The third-order valence-corrected chi connectivity index (χ3v) is 5.47. The SMILES string of the molecule is CC1CC1C(=O)Nc1cccc(C(=O)N(CCN(C)C)Cc2ccc(Cl)cc2)c1. The van der Waals surface area contributed by atoms with E-state index in [0.29, 0.717) is 35.3 Å². The van der Waals surface area contributed by atoms with Gasteiger partial charge >= 0.3 is 0 Å². The Morgan fingerprint density at radius 2 is 1.79 bits per heavy atom. The lowest BCUT2D eigenvalue weighted by atomic mass is 10.1. The number of hydrogen-bond donors (Lipinski definition) is 1. The molecule has 0 radical (unpaired) electrons. The molecule has 1 aliphatic carbocycles. The summed E-state index contributed by atoms with van der Waals surface area (Å²) in [7, 11) is 3.97. The van der Waals surface area contributed by atoms with Crippen molar-refractivity contribution in [2.45, 2.75) is 19.9 Å². The number of likely N-dealkylation sites (N-methyl/N-ethyl adjacent to an activating group) is 1.